The van der Waals surface area contributed by atoms with Crippen LogP contribution >= 0.6 is 0 Å². The first-order chi connectivity index (χ1) is 9.86. The van der Waals surface area contributed by atoms with Gasteiger partial charge in [0.05, 0.1) is 11.0 Å². The summed E-state index contributed by atoms with van der Waals surface area (Å²) in [6, 6.07) is 4.66. The summed E-state index contributed by atoms with van der Waals surface area (Å²) < 4.78 is 40.7. The average Bonchev–Trinajstić information content (AvgIpc) is 2.78. The molecule has 1 aromatic carbocycles. The fourth-order valence-electron chi connectivity index (χ4n) is 2.37. The fraction of sp³-hybridized carbons (Fsp3) is 0.500. The second-order valence-electron chi connectivity index (χ2n) is 4.86. The third kappa shape index (κ3) is 3.29. The van der Waals surface area contributed by atoms with Gasteiger partial charge in [-0.2, -0.15) is 13.2 Å². The Balaban J connectivity index is 2.43. The lowest BCUT2D eigenvalue weighted by molar-refractivity contribution is -0.147. The van der Waals surface area contributed by atoms with E-state index in [0.29, 0.717) is 17.7 Å². The zero-order chi connectivity index (χ0) is 15.6. The van der Waals surface area contributed by atoms with E-state index in [-0.39, 0.29) is 12.1 Å². The van der Waals surface area contributed by atoms with Crippen LogP contribution in [0.3, 0.4) is 0 Å². The molecule has 0 bridgehead atoms. The SMILES string of the molecule is CCN(CC)CCn1c(C(F)(F)F)nc2cc(N)ccc21. The van der Waals surface area contributed by atoms with E-state index in [1.807, 2.05) is 13.8 Å². The van der Waals surface area contributed by atoms with Gasteiger partial charge in [-0.3, -0.25) is 0 Å². The standard InChI is InChI=1S/C14H19F3N4/c1-3-20(4-2)7-8-21-12-6-5-10(18)9-11(12)19-13(21)14(15,16)17/h5-6,9H,3-4,7-8,18H2,1-2H3. The highest BCUT2D eigenvalue weighted by Crippen LogP contribution is 2.32. The molecule has 21 heavy (non-hydrogen) atoms. The number of alkyl halides is 3. The van der Waals surface area contributed by atoms with E-state index in [2.05, 4.69) is 9.88 Å². The largest absolute Gasteiger partial charge is 0.449 e. The first-order valence-corrected chi connectivity index (χ1v) is 6.92. The summed E-state index contributed by atoms with van der Waals surface area (Å²) in [5.74, 6) is -0.866. The number of nitrogens with zero attached hydrogens (tertiary/aromatic N) is 3. The van der Waals surface area contributed by atoms with Crippen LogP contribution in [0.15, 0.2) is 18.2 Å². The van der Waals surface area contributed by atoms with Crippen LogP contribution in [0.1, 0.15) is 19.7 Å². The molecule has 0 saturated heterocycles. The Morgan fingerprint density at radius 1 is 1.24 bits per heavy atom. The van der Waals surface area contributed by atoms with Gasteiger partial charge in [-0.15, -0.1) is 0 Å². The van der Waals surface area contributed by atoms with Gasteiger partial charge in [0, 0.05) is 18.8 Å². The Labute approximate surface area is 121 Å². The number of aromatic nitrogens is 2. The molecule has 2 rings (SSSR count). The maximum absolute atomic E-state index is 13.1. The topological polar surface area (TPSA) is 47.1 Å². The number of rotatable bonds is 5. The average molecular weight is 300 g/mol. The van der Waals surface area contributed by atoms with Gasteiger partial charge in [-0.25, -0.2) is 4.98 Å². The summed E-state index contributed by atoms with van der Waals surface area (Å²) in [6.45, 7) is 6.37. The normalized spacial score (nSPS) is 12.5. The van der Waals surface area contributed by atoms with Gasteiger partial charge >= 0.3 is 6.18 Å². The van der Waals surface area contributed by atoms with E-state index in [1.165, 1.54) is 10.6 Å². The van der Waals surface area contributed by atoms with E-state index in [1.54, 1.807) is 12.1 Å². The van der Waals surface area contributed by atoms with Crippen molar-refractivity contribution in [3.63, 3.8) is 0 Å². The fourth-order valence-corrected chi connectivity index (χ4v) is 2.37. The van der Waals surface area contributed by atoms with Crippen LogP contribution in [0.25, 0.3) is 11.0 Å². The summed E-state index contributed by atoms with van der Waals surface area (Å²) in [7, 11) is 0. The minimum Gasteiger partial charge on any atom is -0.399 e. The summed E-state index contributed by atoms with van der Waals surface area (Å²) in [5.41, 5.74) is 6.77. The van der Waals surface area contributed by atoms with Crippen LogP contribution in [-0.2, 0) is 12.7 Å². The highest BCUT2D eigenvalue weighted by atomic mass is 19.4. The van der Waals surface area contributed by atoms with Crippen molar-refractivity contribution in [3.05, 3.63) is 24.0 Å². The van der Waals surface area contributed by atoms with Gasteiger partial charge < -0.3 is 15.2 Å². The summed E-state index contributed by atoms with van der Waals surface area (Å²) in [5, 5.41) is 0. The Morgan fingerprint density at radius 3 is 2.48 bits per heavy atom. The molecule has 4 nitrogen and oxygen atoms in total. The lowest BCUT2D eigenvalue weighted by Gasteiger charge is -2.19. The van der Waals surface area contributed by atoms with Crippen LogP contribution in [0.4, 0.5) is 18.9 Å². The molecule has 2 N–H and O–H groups in total. The minimum atomic E-state index is -4.48. The van der Waals surface area contributed by atoms with Crippen molar-refractivity contribution in [2.45, 2.75) is 26.6 Å². The monoisotopic (exact) mass is 300 g/mol. The number of benzene rings is 1. The first kappa shape index (κ1) is 15.6. The van der Waals surface area contributed by atoms with E-state index in [0.717, 1.165) is 13.1 Å². The molecule has 1 heterocycles. The van der Waals surface area contributed by atoms with E-state index in [9.17, 15) is 13.2 Å². The molecular formula is C14H19F3N4. The Hall–Kier alpha value is -1.76. The van der Waals surface area contributed by atoms with E-state index < -0.39 is 12.0 Å². The molecule has 2 aromatic rings. The number of likely N-dealkylation sites (N-methyl/N-ethyl adjacent to an activating group) is 1. The van der Waals surface area contributed by atoms with Crippen molar-refractivity contribution in [2.75, 3.05) is 25.4 Å². The van der Waals surface area contributed by atoms with Crippen molar-refractivity contribution in [2.24, 2.45) is 0 Å². The molecule has 0 fully saturated rings. The van der Waals surface area contributed by atoms with E-state index in [4.69, 9.17) is 5.73 Å². The number of fused-ring (bicyclic) bond motifs is 1. The molecule has 0 aliphatic carbocycles. The van der Waals surface area contributed by atoms with Crippen molar-refractivity contribution >= 4 is 16.7 Å². The number of hydrogen-bond donors (Lipinski definition) is 1. The lowest BCUT2D eigenvalue weighted by Crippen LogP contribution is -2.28. The van der Waals surface area contributed by atoms with Gasteiger partial charge in [0.25, 0.3) is 0 Å². The molecule has 0 spiro atoms. The molecule has 0 aliphatic heterocycles. The summed E-state index contributed by atoms with van der Waals surface area (Å²) in [6.07, 6.45) is -4.48. The molecule has 0 unspecified atom stereocenters. The maximum Gasteiger partial charge on any atom is 0.449 e. The molecule has 0 saturated carbocycles. The smallest absolute Gasteiger partial charge is 0.399 e. The zero-order valence-electron chi connectivity index (χ0n) is 12.1. The van der Waals surface area contributed by atoms with Crippen molar-refractivity contribution < 1.29 is 13.2 Å². The van der Waals surface area contributed by atoms with E-state index >= 15 is 0 Å². The molecule has 0 aliphatic rings. The number of nitrogens with two attached hydrogens (primary N) is 1. The molecule has 116 valence electrons. The van der Waals surface area contributed by atoms with Crippen molar-refractivity contribution in [3.8, 4) is 0 Å². The van der Waals surface area contributed by atoms with Gasteiger partial charge in [0.1, 0.15) is 0 Å². The molecule has 1 aromatic heterocycles. The molecular weight excluding hydrogens is 281 g/mol. The first-order valence-electron chi connectivity index (χ1n) is 6.92. The van der Waals surface area contributed by atoms with Gasteiger partial charge in [0.2, 0.25) is 5.82 Å². The Bertz CT molecular complexity index is 614. The van der Waals surface area contributed by atoms with Crippen LogP contribution in [0.2, 0.25) is 0 Å². The third-order valence-corrected chi connectivity index (χ3v) is 3.56. The lowest BCUT2D eigenvalue weighted by atomic mass is 10.3. The van der Waals surface area contributed by atoms with Crippen LogP contribution in [-0.4, -0.2) is 34.1 Å². The maximum atomic E-state index is 13.1. The summed E-state index contributed by atoms with van der Waals surface area (Å²) in [4.78, 5) is 5.79. The summed E-state index contributed by atoms with van der Waals surface area (Å²) >= 11 is 0. The number of halogens is 3. The number of nitrogen functional groups attached to an aromatic ring is 1. The predicted octanol–water partition coefficient (Wildman–Crippen LogP) is 2.98. The highest BCUT2D eigenvalue weighted by molar-refractivity contribution is 5.79. The van der Waals surface area contributed by atoms with Crippen LogP contribution in [0, 0.1) is 0 Å². The molecule has 0 radical (unpaired) electrons. The zero-order valence-corrected chi connectivity index (χ0v) is 12.1. The number of anilines is 1. The van der Waals surface area contributed by atoms with Crippen LogP contribution in [0.5, 0.6) is 0 Å². The Morgan fingerprint density at radius 2 is 1.90 bits per heavy atom. The quantitative estimate of drug-likeness (QED) is 0.864. The highest BCUT2D eigenvalue weighted by Gasteiger charge is 2.37. The second-order valence-corrected chi connectivity index (χ2v) is 4.86. The van der Waals surface area contributed by atoms with Crippen LogP contribution < -0.4 is 5.73 Å². The van der Waals surface area contributed by atoms with Gasteiger partial charge in [0.15, 0.2) is 0 Å². The second kappa shape index (κ2) is 5.93. The third-order valence-electron chi connectivity index (χ3n) is 3.56. The minimum absolute atomic E-state index is 0.247. The number of hydrogen-bond acceptors (Lipinski definition) is 3. The predicted molar refractivity (Wildman–Crippen MR) is 76.9 cm³/mol. The number of imidazole rings is 1. The molecule has 0 atom stereocenters. The molecule has 7 heteroatoms. The van der Waals surface area contributed by atoms with Gasteiger partial charge in [-0.1, -0.05) is 13.8 Å². The van der Waals surface area contributed by atoms with Gasteiger partial charge in [-0.05, 0) is 31.3 Å². The van der Waals surface area contributed by atoms with Crippen molar-refractivity contribution in [1.82, 2.24) is 14.5 Å². The van der Waals surface area contributed by atoms with Crippen molar-refractivity contribution in [1.29, 1.82) is 0 Å². The molecule has 0 amide bonds. The Kier molecular flexibility index (Phi) is 4.41.